The van der Waals surface area contributed by atoms with Gasteiger partial charge in [0.1, 0.15) is 10.9 Å². The molecule has 12 heavy (non-hydrogen) atoms. The van der Waals surface area contributed by atoms with Gasteiger partial charge in [0, 0.05) is 6.92 Å². The molecule has 0 amide bonds. The van der Waals surface area contributed by atoms with Crippen LogP contribution in [0, 0.1) is 0 Å². The van der Waals surface area contributed by atoms with E-state index in [1.165, 1.54) is 14.0 Å². The van der Waals surface area contributed by atoms with E-state index in [4.69, 9.17) is 4.74 Å². The first-order valence-corrected chi connectivity index (χ1v) is 4.29. The normalized spacial score (nSPS) is 14.7. The molecule has 0 saturated carbocycles. The first-order chi connectivity index (χ1) is 5.49. The molecule has 0 aromatic rings. The van der Waals surface area contributed by atoms with Gasteiger partial charge in [-0.2, -0.15) is 0 Å². The first-order valence-electron chi connectivity index (χ1n) is 3.38. The van der Waals surface area contributed by atoms with Crippen molar-refractivity contribution in [1.29, 1.82) is 0 Å². The van der Waals surface area contributed by atoms with Gasteiger partial charge >= 0.3 is 11.9 Å². The van der Waals surface area contributed by atoms with Gasteiger partial charge in [0.2, 0.25) is 0 Å². The molecule has 0 spiro atoms. The van der Waals surface area contributed by atoms with Crippen LogP contribution in [0.2, 0.25) is 0 Å². The molecule has 0 radical (unpaired) electrons. The van der Waals surface area contributed by atoms with Crippen molar-refractivity contribution in [3.05, 3.63) is 0 Å². The number of carbonyl (C=O) groups excluding carboxylic acids is 2. The van der Waals surface area contributed by atoms with Crippen molar-refractivity contribution >= 4 is 27.9 Å². The molecule has 0 aliphatic heterocycles. The third-order valence-corrected chi connectivity index (χ3v) is 2.31. The van der Waals surface area contributed by atoms with E-state index in [9.17, 15) is 9.59 Å². The molecule has 5 heteroatoms. The van der Waals surface area contributed by atoms with E-state index in [2.05, 4.69) is 20.7 Å². The third kappa shape index (κ3) is 3.71. The average molecular weight is 239 g/mol. The highest BCUT2D eigenvalue weighted by molar-refractivity contribution is 9.10. The smallest absolute Gasteiger partial charge is 0.323 e. The van der Waals surface area contributed by atoms with Crippen LogP contribution in [-0.2, 0) is 19.1 Å². The number of halogens is 1. The Kier molecular flexibility index (Phi) is 4.89. The quantitative estimate of drug-likeness (QED) is 0.541. The lowest BCUT2D eigenvalue weighted by molar-refractivity contribution is -0.150. The fourth-order valence-electron chi connectivity index (χ4n) is 0.626. The van der Waals surface area contributed by atoms with Crippen LogP contribution >= 0.6 is 15.9 Å². The highest BCUT2D eigenvalue weighted by Gasteiger charge is 2.24. The van der Waals surface area contributed by atoms with E-state index < -0.39 is 22.9 Å². The van der Waals surface area contributed by atoms with E-state index in [-0.39, 0.29) is 0 Å². The summed E-state index contributed by atoms with van der Waals surface area (Å²) in [7, 11) is 1.27. The molecular formula is C7H11BrO4. The summed E-state index contributed by atoms with van der Waals surface area (Å²) in [5.74, 6) is -0.875. The van der Waals surface area contributed by atoms with Gasteiger partial charge < -0.3 is 9.47 Å². The lowest BCUT2D eigenvalue weighted by Crippen LogP contribution is -2.30. The molecule has 0 aromatic carbocycles. The Balaban J connectivity index is 4.00. The lowest BCUT2D eigenvalue weighted by atomic mass is 10.3. The number of hydrogen-bond donors (Lipinski definition) is 0. The molecule has 70 valence electrons. The predicted octanol–water partition coefficient (Wildman–Crippen LogP) is 0.874. The summed E-state index contributed by atoms with van der Waals surface area (Å²) in [5, 5.41) is 0. The average Bonchev–Trinajstić information content (AvgIpc) is 2.00. The van der Waals surface area contributed by atoms with E-state index >= 15 is 0 Å². The molecule has 0 aliphatic carbocycles. The van der Waals surface area contributed by atoms with Crippen LogP contribution in [0.25, 0.3) is 0 Å². The van der Waals surface area contributed by atoms with Crippen molar-refractivity contribution in [2.75, 3.05) is 7.11 Å². The summed E-state index contributed by atoms with van der Waals surface area (Å²) in [5.41, 5.74) is 0. The summed E-state index contributed by atoms with van der Waals surface area (Å²) >= 11 is 3.05. The zero-order valence-corrected chi connectivity index (χ0v) is 8.75. The standard InChI is InChI=1S/C7H11BrO4/c1-4(12-5(2)9)6(8)7(10)11-3/h4,6H,1-3H3. The summed E-state index contributed by atoms with van der Waals surface area (Å²) in [6, 6.07) is 0. The Bertz CT molecular complexity index is 180. The second kappa shape index (κ2) is 5.13. The number of ether oxygens (including phenoxy) is 2. The van der Waals surface area contributed by atoms with Gasteiger partial charge in [-0.1, -0.05) is 15.9 Å². The molecule has 0 bridgehead atoms. The van der Waals surface area contributed by atoms with Crippen LogP contribution in [0.4, 0.5) is 0 Å². The van der Waals surface area contributed by atoms with Crippen molar-refractivity contribution in [3.8, 4) is 0 Å². The highest BCUT2D eigenvalue weighted by atomic mass is 79.9. The molecule has 2 atom stereocenters. The Morgan fingerprint density at radius 3 is 2.25 bits per heavy atom. The number of carbonyl (C=O) groups is 2. The summed E-state index contributed by atoms with van der Waals surface area (Å²) in [6.07, 6.45) is -0.519. The second-order valence-corrected chi connectivity index (χ2v) is 3.23. The number of esters is 2. The molecule has 0 rings (SSSR count). The zero-order chi connectivity index (χ0) is 9.72. The van der Waals surface area contributed by atoms with Crippen LogP contribution in [0.3, 0.4) is 0 Å². The van der Waals surface area contributed by atoms with E-state index in [0.29, 0.717) is 0 Å². The Hall–Kier alpha value is -0.580. The first kappa shape index (κ1) is 11.4. The molecule has 0 aromatic heterocycles. The molecule has 0 fully saturated rings. The molecule has 0 heterocycles. The maximum absolute atomic E-state index is 10.9. The zero-order valence-electron chi connectivity index (χ0n) is 7.17. The highest BCUT2D eigenvalue weighted by Crippen LogP contribution is 2.10. The topological polar surface area (TPSA) is 52.6 Å². The fourth-order valence-corrected chi connectivity index (χ4v) is 0.921. The third-order valence-electron chi connectivity index (χ3n) is 1.19. The summed E-state index contributed by atoms with van der Waals surface area (Å²) < 4.78 is 9.19. The van der Waals surface area contributed by atoms with Crippen LogP contribution < -0.4 is 0 Å². The number of alkyl halides is 1. The lowest BCUT2D eigenvalue weighted by Gasteiger charge is -2.15. The van der Waals surface area contributed by atoms with Crippen LogP contribution in [0.1, 0.15) is 13.8 Å². The monoisotopic (exact) mass is 238 g/mol. The van der Waals surface area contributed by atoms with Crippen molar-refractivity contribution in [3.63, 3.8) is 0 Å². The van der Waals surface area contributed by atoms with Crippen LogP contribution in [-0.4, -0.2) is 30.0 Å². The predicted molar refractivity (Wildman–Crippen MR) is 46.0 cm³/mol. The van der Waals surface area contributed by atoms with Gasteiger partial charge in [0.25, 0.3) is 0 Å². The van der Waals surface area contributed by atoms with Gasteiger partial charge in [0.05, 0.1) is 7.11 Å². The van der Waals surface area contributed by atoms with Crippen LogP contribution in [0.5, 0.6) is 0 Å². The molecule has 0 N–H and O–H groups in total. The maximum atomic E-state index is 10.9. The minimum atomic E-state index is -0.605. The summed E-state index contributed by atoms with van der Waals surface area (Å²) in [4.78, 5) is 20.7. The number of rotatable bonds is 3. The van der Waals surface area contributed by atoms with Gasteiger partial charge in [0.15, 0.2) is 0 Å². The molecule has 4 nitrogen and oxygen atoms in total. The molecule has 0 aliphatic rings. The van der Waals surface area contributed by atoms with Crippen molar-refractivity contribution in [2.24, 2.45) is 0 Å². The minimum Gasteiger partial charge on any atom is -0.468 e. The van der Waals surface area contributed by atoms with E-state index in [0.717, 1.165) is 0 Å². The SMILES string of the molecule is COC(=O)C(Br)C(C)OC(C)=O. The van der Waals surface area contributed by atoms with E-state index in [1.807, 2.05) is 0 Å². The fraction of sp³-hybridized carbons (Fsp3) is 0.714. The van der Waals surface area contributed by atoms with Gasteiger partial charge in [-0.05, 0) is 6.92 Å². The van der Waals surface area contributed by atoms with Gasteiger partial charge in [-0.3, -0.25) is 9.59 Å². The second-order valence-electron chi connectivity index (χ2n) is 2.24. The van der Waals surface area contributed by atoms with Gasteiger partial charge in [-0.25, -0.2) is 0 Å². The van der Waals surface area contributed by atoms with Crippen LogP contribution in [0.15, 0.2) is 0 Å². The van der Waals surface area contributed by atoms with E-state index in [1.54, 1.807) is 6.92 Å². The Labute approximate surface area is 79.3 Å². The number of methoxy groups -OCH3 is 1. The molecular weight excluding hydrogens is 228 g/mol. The summed E-state index contributed by atoms with van der Waals surface area (Å²) in [6.45, 7) is 2.89. The largest absolute Gasteiger partial charge is 0.468 e. The molecule has 2 unspecified atom stereocenters. The Morgan fingerprint density at radius 2 is 1.92 bits per heavy atom. The van der Waals surface area contributed by atoms with Crippen molar-refractivity contribution in [2.45, 2.75) is 24.8 Å². The van der Waals surface area contributed by atoms with Crippen molar-refractivity contribution in [1.82, 2.24) is 0 Å². The number of hydrogen-bond acceptors (Lipinski definition) is 4. The Morgan fingerprint density at radius 1 is 1.42 bits per heavy atom. The molecule has 0 saturated heterocycles. The maximum Gasteiger partial charge on any atom is 0.323 e. The minimum absolute atomic E-state index is 0.421. The van der Waals surface area contributed by atoms with Gasteiger partial charge in [-0.15, -0.1) is 0 Å². The van der Waals surface area contributed by atoms with Crippen molar-refractivity contribution < 1.29 is 19.1 Å².